The predicted molar refractivity (Wildman–Crippen MR) is 146 cm³/mol. The Labute approximate surface area is 207 Å². The van der Waals surface area contributed by atoms with Gasteiger partial charge in [-0.05, 0) is 84.3 Å². The lowest BCUT2D eigenvalue weighted by Crippen LogP contribution is -2.44. The summed E-state index contributed by atoms with van der Waals surface area (Å²) in [4.78, 5) is 11.9. The van der Waals surface area contributed by atoms with Crippen molar-refractivity contribution >= 4 is 26.4 Å². The van der Waals surface area contributed by atoms with Crippen LogP contribution in [-0.2, 0) is 10.2 Å². The Bertz CT molecular complexity index is 1010. The molecule has 34 heavy (non-hydrogen) atoms. The smallest absolute Gasteiger partial charge is 0.338 e. The molecule has 3 nitrogen and oxygen atoms in total. The Morgan fingerprint density at radius 1 is 0.971 bits per heavy atom. The molecule has 2 aromatic carbocycles. The van der Waals surface area contributed by atoms with E-state index in [1.165, 1.54) is 43.2 Å². The van der Waals surface area contributed by atoms with Crippen molar-refractivity contribution in [2.45, 2.75) is 90.3 Å². The Balaban J connectivity index is 1.90. The molecule has 0 aromatic heterocycles. The minimum Gasteiger partial charge on any atom is -0.543 e. The number of rotatable bonds is 7. The van der Waals surface area contributed by atoms with E-state index in [0.717, 1.165) is 11.3 Å². The monoisotopic (exact) mass is 478 g/mol. The van der Waals surface area contributed by atoms with Gasteiger partial charge in [-0.25, -0.2) is 4.79 Å². The van der Waals surface area contributed by atoms with Crippen LogP contribution in [0.4, 0.5) is 0 Å². The third-order valence-electron chi connectivity index (χ3n) is 7.67. The number of carbonyl (C=O) groups excluding carboxylic acids is 1. The zero-order valence-corrected chi connectivity index (χ0v) is 23.2. The van der Waals surface area contributed by atoms with Crippen LogP contribution in [0.1, 0.15) is 93.8 Å². The lowest BCUT2D eigenvalue weighted by atomic mass is 9.70. The van der Waals surface area contributed by atoms with Crippen molar-refractivity contribution in [3.63, 3.8) is 0 Å². The van der Waals surface area contributed by atoms with Crippen LogP contribution < -0.4 is 4.43 Å². The van der Waals surface area contributed by atoms with E-state index in [9.17, 15) is 4.79 Å². The van der Waals surface area contributed by atoms with Gasteiger partial charge in [-0.15, -0.1) is 0 Å². The van der Waals surface area contributed by atoms with Crippen molar-refractivity contribution < 1.29 is 14.0 Å². The van der Waals surface area contributed by atoms with Crippen molar-refractivity contribution in [2.75, 3.05) is 6.61 Å². The molecule has 0 N–H and O–H groups in total. The molecule has 1 fully saturated rings. The number of ether oxygens (including phenoxy) is 1. The summed E-state index contributed by atoms with van der Waals surface area (Å²) in [5, 5.41) is 0.159. The summed E-state index contributed by atoms with van der Waals surface area (Å²) in [6.07, 6.45) is 10.6. The zero-order chi connectivity index (χ0) is 25.0. The summed E-state index contributed by atoms with van der Waals surface area (Å²) in [6, 6.07) is 14.3. The van der Waals surface area contributed by atoms with Crippen LogP contribution in [-0.4, -0.2) is 20.9 Å². The van der Waals surface area contributed by atoms with Crippen molar-refractivity contribution in [3.05, 3.63) is 64.7 Å². The van der Waals surface area contributed by atoms with Gasteiger partial charge in [-0.2, -0.15) is 0 Å². The zero-order valence-electron chi connectivity index (χ0n) is 22.2. The van der Waals surface area contributed by atoms with Gasteiger partial charge in [0, 0.05) is 0 Å². The fraction of sp³-hybridized carbons (Fsp3) is 0.500. The standard InChI is InChI=1S/C30H42O3Si/c1-8-32-28(31)25-17-14-23(15-18-25)12-13-24-16-19-27(33-34(6,7)29(2,3)4)26(22-24)30(5)20-10-9-11-21-30/h12-19,22H,8-11,20-21H2,1-7H3. The quantitative estimate of drug-likeness (QED) is 0.227. The fourth-order valence-corrected chi connectivity index (χ4v) is 5.41. The molecule has 0 unspecified atom stereocenters. The second-order valence-electron chi connectivity index (χ2n) is 11.4. The topological polar surface area (TPSA) is 35.5 Å². The van der Waals surface area contributed by atoms with Crippen LogP contribution in [0.2, 0.25) is 18.1 Å². The fourth-order valence-electron chi connectivity index (χ4n) is 4.38. The van der Waals surface area contributed by atoms with Gasteiger partial charge in [-0.1, -0.05) is 77.3 Å². The highest BCUT2D eigenvalue weighted by Gasteiger charge is 2.40. The molecule has 0 spiro atoms. The van der Waals surface area contributed by atoms with E-state index in [4.69, 9.17) is 9.16 Å². The van der Waals surface area contributed by atoms with Gasteiger partial charge in [0.1, 0.15) is 5.75 Å². The maximum atomic E-state index is 11.9. The lowest BCUT2D eigenvalue weighted by Gasteiger charge is -2.40. The van der Waals surface area contributed by atoms with Crippen LogP contribution in [0.3, 0.4) is 0 Å². The third-order valence-corrected chi connectivity index (χ3v) is 12.0. The Morgan fingerprint density at radius 2 is 1.56 bits per heavy atom. The molecule has 1 aliphatic carbocycles. The van der Waals surface area contributed by atoms with E-state index in [1.807, 2.05) is 31.2 Å². The second-order valence-corrected chi connectivity index (χ2v) is 16.1. The maximum Gasteiger partial charge on any atom is 0.338 e. The first kappa shape index (κ1) is 26.3. The number of carbonyl (C=O) groups is 1. The average Bonchev–Trinajstić information content (AvgIpc) is 2.78. The van der Waals surface area contributed by atoms with Crippen molar-refractivity contribution in [2.24, 2.45) is 0 Å². The van der Waals surface area contributed by atoms with E-state index >= 15 is 0 Å². The first-order valence-corrected chi connectivity index (χ1v) is 15.6. The average molecular weight is 479 g/mol. The number of benzene rings is 2. The number of hydrogen-bond donors (Lipinski definition) is 0. The summed E-state index contributed by atoms with van der Waals surface area (Å²) < 4.78 is 11.9. The van der Waals surface area contributed by atoms with E-state index < -0.39 is 8.32 Å². The highest BCUT2D eigenvalue weighted by molar-refractivity contribution is 6.74. The van der Waals surface area contributed by atoms with Crippen molar-refractivity contribution in [1.82, 2.24) is 0 Å². The van der Waals surface area contributed by atoms with Crippen LogP contribution in [0.25, 0.3) is 12.2 Å². The molecule has 0 heterocycles. The Morgan fingerprint density at radius 3 is 2.15 bits per heavy atom. The molecular formula is C30H42O3Si. The molecule has 0 saturated heterocycles. The van der Waals surface area contributed by atoms with Crippen LogP contribution in [0.15, 0.2) is 42.5 Å². The lowest BCUT2D eigenvalue weighted by molar-refractivity contribution is 0.0526. The van der Waals surface area contributed by atoms with Gasteiger partial charge in [0.15, 0.2) is 0 Å². The minimum atomic E-state index is -1.94. The summed E-state index contributed by atoms with van der Waals surface area (Å²) in [6.45, 7) is 16.2. The van der Waals surface area contributed by atoms with E-state index in [0.29, 0.717) is 12.2 Å². The molecule has 0 aliphatic heterocycles. The molecule has 0 bridgehead atoms. The normalized spacial score (nSPS) is 16.4. The van der Waals surface area contributed by atoms with E-state index in [-0.39, 0.29) is 16.4 Å². The van der Waals surface area contributed by atoms with Gasteiger partial charge >= 0.3 is 5.97 Å². The highest BCUT2D eigenvalue weighted by atomic mass is 28.4. The second kappa shape index (κ2) is 10.5. The maximum absolute atomic E-state index is 11.9. The Hall–Kier alpha value is -2.33. The van der Waals surface area contributed by atoms with E-state index in [1.54, 1.807) is 0 Å². The van der Waals surface area contributed by atoms with Gasteiger partial charge < -0.3 is 9.16 Å². The molecule has 4 heteroatoms. The molecule has 0 radical (unpaired) electrons. The highest BCUT2D eigenvalue weighted by Crippen LogP contribution is 2.46. The number of esters is 1. The third kappa shape index (κ3) is 6.21. The van der Waals surface area contributed by atoms with Gasteiger partial charge in [0.2, 0.25) is 8.32 Å². The largest absolute Gasteiger partial charge is 0.543 e. The first-order chi connectivity index (χ1) is 15.9. The Kier molecular flexibility index (Phi) is 8.13. The summed E-state index contributed by atoms with van der Waals surface area (Å²) in [7, 11) is -1.94. The summed E-state index contributed by atoms with van der Waals surface area (Å²) in [5.41, 5.74) is 4.33. The van der Waals surface area contributed by atoms with Crippen LogP contribution >= 0.6 is 0 Å². The van der Waals surface area contributed by atoms with Gasteiger partial charge in [0.25, 0.3) is 0 Å². The molecule has 0 atom stereocenters. The van der Waals surface area contributed by atoms with Crippen LogP contribution in [0.5, 0.6) is 5.75 Å². The van der Waals surface area contributed by atoms with E-state index in [2.05, 4.69) is 71.1 Å². The summed E-state index contributed by atoms with van der Waals surface area (Å²) >= 11 is 0. The predicted octanol–water partition coefficient (Wildman–Crippen LogP) is 8.64. The van der Waals surface area contributed by atoms with Crippen molar-refractivity contribution in [3.8, 4) is 5.75 Å². The number of hydrogen-bond acceptors (Lipinski definition) is 3. The van der Waals surface area contributed by atoms with Gasteiger partial charge in [0.05, 0.1) is 12.2 Å². The minimum absolute atomic E-state index is 0.154. The molecule has 1 saturated carbocycles. The van der Waals surface area contributed by atoms with Gasteiger partial charge in [-0.3, -0.25) is 0 Å². The first-order valence-electron chi connectivity index (χ1n) is 12.7. The van der Waals surface area contributed by atoms with Crippen molar-refractivity contribution in [1.29, 1.82) is 0 Å². The van der Waals surface area contributed by atoms with Crippen LogP contribution in [0, 0.1) is 0 Å². The summed E-state index contributed by atoms with van der Waals surface area (Å²) in [5.74, 6) is 0.799. The molecule has 0 amide bonds. The molecular weight excluding hydrogens is 436 g/mol. The molecule has 2 aromatic rings. The molecule has 1 aliphatic rings. The SMILES string of the molecule is CCOC(=O)c1ccc(C=Cc2ccc(O[Si](C)(C)C(C)(C)C)c(C3(C)CCCCC3)c2)cc1. The molecule has 184 valence electrons. The molecule has 3 rings (SSSR count).